The molecule has 0 saturated carbocycles. The molecule has 0 saturated heterocycles. The summed E-state index contributed by atoms with van der Waals surface area (Å²) in [6.07, 6.45) is 0.211. The van der Waals surface area contributed by atoms with Gasteiger partial charge in [-0.05, 0) is 17.7 Å². The average Bonchev–Trinajstić information content (AvgIpc) is 2.72. The second-order valence-corrected chi connectivity index (χ2v) is 6.91. The molecule has 1 aromatic carbocycles. The van der Waals surface area contributed by atoms with Gasteiger partial charge < -0.3 is 10.5 Å². The molecule has 2 heterocycles. The van der Waals surface area contributed by atoms with Gasteiger partial charge in [-0.15, -0.1) is 0 Å². The van der Waals surface area contributed by atoms with Gasteiger partial charge in [-0.1, -0.05) is 12.1 Å². The third-order valence-corrected chi connectivity index (χ3v) is 5.43. The molecule has 0 fully saturated rings. The van der Waals surface area contributed by atoms with Crippen LogP contribution in [-0.4, -0.2) is 14.2 Å². The number of hydrogen-bond donors (Lipinski definition) is 1. The van der Waals surface area contributed by atoms with Crippen LogP contribution in [0.1, 0.15) is 17.9 Å². The Hall–Kier alpha value is -2.33. The number of nitrogens with zero attached hydrogens (tertiary/aromatic N) is 1. The highest BCUT2D eigenvalue weighted by Crippen LogP contribution is 2.45. The summed E-state index contributed by atoms with van der Waals surface area (Å²) < 4.78 is 43.2. The van der Waals surface area contributed by atoms with Crippen LogP contribution in [0.3, 0.4) is 0 Å². The molecular formula is C14H11FN2O3S. The fourth-order valence-electron chi connectivity index (χ4n) is 2.66. The number of hydrogen-bond acceptors (Lipinski definition) is 5. The smallest absolute Gasteiger partial charge is 0.205 e. The van der Waals surface area contributed by atoms with Gasteiger partial charge in [-0.25, -0.2) is 12.8 Å². The topological polar surface area (TPSA) is 93.2 Å². The minimum atomic E-state index is -3.53. The molecule has 2 aliphatic heterocycles. The Morgan fingerprint density at radius 3 is 2.86 bits per heavy atom. The molecule has 0 radical (unpaired) electrons. The highest BCUT2D eigenvalue weighted by Gasteiger charge is 2.43. The quantitative estimate of drug-likeness (QED) is 0.851. The van der Waals surface area contributed by atoms with E-state index in [-0.39, 0.29) is 34.3 Å². The van der Waals surface area contributed by atoms with E-state index in [9.17, 15) is 18.1 Å². The van der Waals surface area contributed by atoms with Crippen molar-refractivity contribution in [3.05, 3.63) is 57.8 Å². The second-order valence-electron chi connectivity index (χ2n) is 4.84. The van der Waals surface area contributed by atoms with Crippen molar-refractivity contribution >= 4 is 9.84 Å². The van der Waals surface area contributed by atoms with Crippen LogP contribution in [0.2, 0.25) is 0 Å². The number of allylic oxidation sites excluding steroid dienone is 3. The maximum Gasteiger partial charge on any atom is 0.205 e. The molecule has 3 rings (SSSR count). The lowest BCUT2D eigenvalue weighted by atomic mass is 9.89. The van der Waals surface area contributed by atoms with Crippen LogP contribution in [0.4, 0.5) is 4.39 Å². The van der Waals surface area contributed by atoms with Crippen LogP contribution in [0.5, 0.6) is 0 Å². The molecule has 7 heteroatoms. The third kappa shape index (κ3) is 2.08. The van der Waals surface area contributed by atoms with Gasteiger partial charge in [-0.3, -0.25) is 0 Å². The Balaban J connectivity index is 2.25. The van der Waals surface area contributed by atoms with Crippen molar-refractivity contribution in [1.82, 2.24) is 0 Å². The van der Waals surface area contributed by atoms with Crippen LogP contribution in [0.25, 0.3) is 0 Å². The molecule has 2 aliphatic rings. The molecule has 1 unspecified atom stereocenters. The van der Waals surface area contributed by atoms with E-state index in [1.165, 1.54) is 18.2 Å². The van der Waals surface area contributed by atoms with Crippen LogP contribution in [0.15, 0.2) is 46.4 Å². The summed E-state index contributed by atoms with van der Waals surface area (Å²) >= 11 is 0. The highest BCUT2D eigenvalue weighted by molar-refractivity contribution is 7.95. The van der Waals surface area contributed by atoms with Gasteiger partial charge >= 0.3 is 0 Å². The fraction of sp³-hybridized carbons (Fsp3) is 0.214. The molecule has 0 aliphatic carbocycles. The first-order chi connectivity index (χ1) is 9.94. The number of benzene rings is 1. The predicted molar refractivity (Wildman–Crippen MR) is 72.5 cm³/mol. The molecule has 1 aromatic rings. The number of halogens is 1. The minimum Gasteiger partial charge on any atom is -0.444 e. The van der Waals surface area contributed by atoms with E-state index in [2.05, 4.69) is 0 Å². The lowest BCUT2D eigenvalue weighted by Crippen LogP contribution is -2.21. The average molecular weight is 306 g/mol. The summed E-state index contributed by atoms with van der Waals surface area (Å²) in [5, 5.41) is 9.27. The maximum atomic E-state index is 13.5. The summed E-state index contributed by atoms with van der Waals surface area (Å²) in [5.41, 5.74) is 6.07. The van der Waals surface area contributed by atoms with Gasteiger partial charge in [-0.2, -0.15) is 5.26 Å². The number of ether oxygens (including phenoxy) is 1. The summed E-state index contributed by atoms with van der Waals surface area (Å²) in [7, 11) is -3.53. The molecule has 0 amide bonds. The molecule has 1 atom stereocenters. The van der Waals surface area contributed by atoms with E-state index >= 15 is 0 Å². The Bertz CT molecular complexity index is 834. The summed E-state index contributed by atoms with van der Waals surface area (Å²) in [6.45, 7) is 0. The Labute approximate surface area is 121 Å². The van der Waals surface area contributed by atoms with Crippen LogP contribution in [0, 0.1) is 17.1 Å². The van der Waals surface area contributed by atoms with Crippen LogP contribution >= 0.6 is 0 Å². The van der Waals surface area contributed by atoms with E-state index in [0.717, 1.165) is 0 Å². The van der Waals surface area contributed by atoms with Gasteiger partial charge in [0, 0.05) is 6.42 Å². The van der Waals surface area contributed by atoms with Crippen molar-refractivity contribution in [2.75, 3.05) is 5.75 Å². The lowest BCUT2D eigenvalue weighted by molar-refractivity contribution is 0.276. The lowest BCUT2D eigenvalue weighted by Gasteiger charge is -2.25. The number of nitriles is 1. The van der Waals surface area contributed by atoms with Gasteiger partial charge in [0.2, 0.25) is 5.88 Å². The second kappa shape index (κ2) is 4.60. The van der Waals surface area contributed by atoms with E-state index in [4.69, 9.17) is 10.5 Å². The maximum absolute atomic E-state index is 13.5. The largest absolute Gasteiger partial charge is 0.444 e. The predicted octanol–water partition coefficient (Wildman–Crippen LogP) is 1.66. The highest BCUT2D eigenvalue weighted by atomic mass is 32.2. The Kier molecular flexibility index (Phi) is 2.99. The summed E-state index contributed by atoms with van der Waals surface area (Å²) in [5.74, 6) is -1.37. The van der Waals surface area contributed by atoms with Gasteiger partial charge in [0.1, 0.15) is 23.2 Å². The van der Waals surface area contributed by atoms with Crippen molar-refractivity contribution < 1.29 is 17.5 Å². The zero-order chi connectivity index (χ0) is 15.2. The summed E-state index contributed by atoms with van der Waals surface area (Å²) in [6, 6.07) is 7.38. The number of sulfone groups is 1. The molecule has 2 N–H and O–H groups in total. The minimum absolute atomic E-state index is 0.00942. The summed E-state index contributed by atoms with van der Waals surface area (Å²) in [4.78, 5) is 0.0267. The van der Waals surface area contributed by atoms with E-state index < -0.39 is 21.6 Å². The van der Waals surface area contributed by atoms with Crippen molar-refractivity contribution in [3.8, 4) is 6.07 Å². The molecule has 0 bridgehead atoms. The zero-order valence-corrected chi connectivity index (χ0v) is 11.7. The van der Waals surface area contributed by atoms with Gasteiger partial charge in [0.25, 0.3) is 0 Å². The molecule has 5 nitrogen and oxygen atoms in total. The van der Waals surface area contributed by atoms with Crippen LogP contribution < -0.4 is 5.73 Å². The SMILES string of the molecule is N#CC1=C(N)OC2=C(C1c1cccc(F)c1)S(=O)(=O)CC2. The normalized spacial score (nSPS) is 23.5. The third-order valence-electron chi connectivity index (χ3n) is 3.56. The van der Waals surface area contributed by atoms with Crippen molar-refractivity contribution in [3.63, 3.8) is 0 Å². The Morgan fingerprint density at radius 2 is 2.19 bits per heavy atom. The number of rotatable bonds is 1. The molecular weight excluding hydrogens is 295 g/mol. The first-order valence-corrected chi connectivity index (χ1v) is 7.88. The fourth-order valence-corrected chi connectivity index (χ4v) is 4.44. The molecule has 0 spiro atoms. The van der Waals surface area contributed by atoms with Crippen molar-refractivity contribution in [1.29, 1.82) is 5.26 Å². The molecule has 108 valence electrons. The molecule has 0 aromatic heterocycles. The standard InChI is InChI=1S/C14H11FN2O3S/c15-9-3-1-2-8(6-9)12-10(7-16)14(17)20-11-4-5-21(18,19)13(11)12/h1-3,6,12H,4-5,17H2. The van der Waals surface area contributed by atoms with E-state index in [1.54, 1.807) is 6.07 Å². The van der Waals surface area contributed by atoms with E-state index in [1.807, 2.05) is 6.07 Å². The van der Waals surface area contributed by atoms with E-state index in [0.29, 0.717) is 5.56 Å². The van der Waals surface area contributed by atoms with Crippen molar-refractivity contribution in [2.24, 2.45) is 5.73 Å². The molecule has 21 heavy (non-hydrogen) atoms. The Morgan fingerprint density at radius 1 is 1.43 bits per heavy atom. The van der Waals surface area contributed by atoms with Gasteiger partial charge in [0.05, 0.1) is 16.6 Å². The number of nitrogens with two attached hydrogens (primary N) is 1. The van der Waals surface area contributed by atoms with Crippen molar-refractivity contribution in [2.45, 2.75) is 12.3 Å². The monoisotopic (exact) mass is 306 g/mol. The zero-order valence-electron chi connectivity index (χ0n) is 10.8. The first-order valence-electron chi connectivity index (χ1n) is 6.23. The van der Waals surface area contributed by atoms with Gasteiger partial charge in [0.15, 0.2) is 9.84 Å². The first kappa shape index (κ1) is 13.6. The van der Waals surface area contributed by atoms with Crippen LogP contribution in [-0.2, 0) is 14.6 Å².